The number of anilines is 1. The van der Waals surface area contributed by atoms with E-state index in [1.807, 2.05) is 18.2 Å². The van der Waals surface area contributed by atoms with Crippen molar-refractivity contribution in [1.82, 2.24) is 4.90 Å². The maximum absolute atomic E-state index is 14.0. The zero-order chi connectivity index (χ0) is 20.2. The molecule has 2 amide bonds. The summed E-state index contributed by atoms with van der Waals surface area (Å²) in [5, 5.41) is 2.68. The molecule has 4 nitrogen and oxygen atoms in total. The highest BCUT2D eigenvalue weighted by molar-refractivity contribution is 8.00. The summed E-state index contributed by atoms with van der Waals surface area (Å²) in [4.78, 5) is 28.2. The molecule has 1 saturated carbocycles. The molecule has 0 radical (unpaired) electrons. The zero-order valence-electron chi connectivity index (χ0n) is 16.2. The van der Waals surface area contributed by atoms with Crippen LogP contribution < -0.4 is 5.32 Å². The first-order valence-corrected chi connectivity index (χ1v) is 11.2. The molecule has 0 spiro atoms. The fraction of sp³-hybridized carbons (Fsp3) is 0.391. The summed E-state index contributed by atoms with van der Waals surface area (Å²) in [6, 6.07) is 14.6. The van der Waals surface area contributed by atoms with Crippen LogP contribution in [0.2, 0.25) is 0 Å². The van der Waals surface area contributed by atoms with Gasteiger partial charge in [0.2, 0.25) is 5.91 Å². The first-order valence-electron chi connectivity index (χ1n) is 10.2. The van der Waals surface area contributed by atoms with E-state index in [1.165, 1.54) is 31.4 Å². The second-order valence-corrected chi connectivity index (χ2v) is 8.83. The zero-order valence-corrected chi connectivity index (χ0v) is 17.0. The van der Waals surface area contributed by atoms with Crippen LogP contribution in [-0.4, -0.2) is 33.9 Å². The van der Waals surface area contributed by atoms with Gasteiger partial charge in [0.05, 0.1) is 11.1 Å². The van der Waals surface area contributed by atoms with E-state index in [2.05, 4.69) is 5.32 Å². The summed E-state index contributed by atoms with van der Waals surface area (Å²) in [5.74, 6) is -0.00554. The van der Waals surface area contributed by atoms with E-state index in [-0.39, 0.29) is 22.9 Å². The highest BCUT2D eigenvalue weighted by Gasteiger charge is 2.45. The van der Waals surface area contributed by atoms with Crippen LogP contribution in [0.15, 0.2) is 54.6 Å². The van der Waals surface area contributed by atoms with Crippen molar-refractivity contribution < 1.29 is 14.0 Å². The van der Waals surface area contributed by atoms with Gasteiger partial charge >= 0.3 is 0 Å². The number of nitrogens with one attached hydrogen (secondary N) is 1. The van der Waals surface area contributed by atoms with E-state index in [9.17, 15) is 14.0 Å². The van der Waals surface area contributed by atoms with E-state index in [4.69, 9.17) is 0 Å². The molecule has 2 fully saturated rings. The van der Waals surface area contributed by atoms with Crippen LogP contribution in [0.5, 0.6) is 0 Å². The Morgan fingerprint density at radius 1 is 0.966 bits per heavy atom. The molecule has 2 unspecified atom stereocenters. The number of carbonyl (C=O) groups excluding carboxylic acids is 2. The lowest BCUT2D eigenvalue weighted by atomic mass is 9.88. The number of para-hydroxylation sites is 1. The highest BCUT2D eigenvalue weighted by atomic mass is 32.2. The normalized spacial score (nSPS) is 22.4. The van der Waals surface area contributed by atoms with Crippen LogP contribution in [0.1, 0.15) is 42.5 Å². The van der Waals surface area contributed by atoms with Crippen molar-refractivity contribution in [1.29, 1.82) is 0 Å². The molecule has 4 rings (SSSR count). The van der Waals surface area contributed by atoms with E-state index in [1.54, 1.807) is 40.9 Å². The van der Waals surface area contributed by atoms with E-state index < -0.39 is 11.9 Å². The van der Waals surface area contributed by atoms with Crippen molar-refractivity contribution in [2.45, 2.75) is 43.5 Å². The molecular weight excluding hydrogens is 387 g/mol. The van der Waals surface area contributed by atoms with Crippen molar-refractivity contribution in [3.8, 4) is 0 Å². The molecule has 2 aromatic carbocycles. The van der Waals surface area contributed by atoms with Crippen molar-refractivity contribution >= 4 is 29.3 Å². The molecule has 0 bridgehead atoms. The fourth-order valence-electron chi connectivity index (χ4n) is 4.28. The molecule has 0 aromatic heterocycles. The third-order valence-corrected chi connectivity index (χ3v) is 7.24. The van der Waals surface area contributed by atoms with E-state index >= 15 is 0 Å². The Kier molecular flexibility index (Phi) is 6.19. The number of thioether (sulfide) groups is 1. The third kappa shape index (κ3) is 4.32. The first-order chi connectivity index (χ1) is 14.1. The average Bonchev–Trinajstić information content (AvgIpc) is 3.21. The highest BCUT2D eigenvalue weighted by Crippen LogP contribution is 2.41. The standard InChI is InChI=1S/C23H25FN2O2S/c24-18-13-7-8-14-19(18)25-21(27)20-15-29-23(17-11-5-2-6-12-17)26(20)22(28)16-9-3-1-4-10-16/h1,3-4,7-10,13-14,17,20,23H,2,5-6,11-12,15H2,(H,25,27). The van der Waals surface area contributed by atoms with Gasteiger partial charge in [-0.1, -0.05) is 49.6 Å². The smallest absolute Gasteiger partial charge is 0.255 e. The van der Waals surface area contributed by atoms with Gasteiger partial charge in [-0.15, -0.1) is 11.8 Å². The molecule has 1 heterocycles. The largest absolute Gasteiger partial charge is 0.322 e. The van der Waals surface area contributed by atoms with Gasteiger partial charge in [-0.2, -0.15) is 0 Å². The second kappa shape index (κ2) is 8.99. The maximum atomic E-state index is 14.0. The summed E-state index contributed by atoms with van der Waals surface area (Å²) >= 11 is 1.68. The Balaban J connectivity index is 1.60. The van der Waals surface area contributed by atoms with Gasteiger partial charge in [0.1, 0.15) is 11.9 Å². The number of amides is 2. The molecular formula is C23H25FN2O2S. The maximum Gasteiger partial charge on any atom is 0.255 e. The van der Waals surface area contributed by atoms with Crippen molar-refractivity contribution in [3.63, 3.8) is 0 Å². The SMILES string of the molecule is O=C(Nc1ccccc1F)C1CSC(C2CCCCC2)N1C(=O)c1ccccc1. The van der Waals surface area contributed by atoms with Crippen LogP contribution in [0.3, 0.4) is 0 Å². The number of halogens is 1. The van der Waals surface area contributed by atoms with Gasteiger partial charge < -0.3 is 10.2 Å². The Bertz CT molecular complexity index is 870. The minimum Gasteiger partial charge on any atom is -0.322 e. The molecule has 6 heteroatoms. The molecule has 1 saturated heterocycles. The molecule has 2 aromatic rings. The van der Waals surface area contributed by atoms with E-state index in [0.29, 0.717) is 17.2 Å². The summed E-state index contributed by atoms with van der Waals surface area (Å²) in [7, 11) is 0. The van der Waals surface area contributed by atoms with Gasteiger partial charge in [0.25, 0.3) is 5.91 Å². The number of benzene rings is 2. The molecule has 29 heavy (non-hydrogen) atoms. The average molecular weight is 413 g/mol. The second-order valence-electron chi connectivity index (χ2n) is 7.69. The van der Waals surface area contributed by atoms with Crippen LogP contribution in [-0.2, 0) is 4.79 Å². The summed E-state index contributed by atoms with van der Waals surface area (Å²) in [6.45, 7) is 0. The molecule has 2 aliphatic rings. The van der Waals surface area contributed by atoms with Crippen LogP contribution in [0, 0.1) is 11.7 Å². The number of carbonyl (C=O) groups is 2. The number of rotatable bonds is 4. The lowest BCUT2D eigenvalue weighted by Crippen LogP contribution is -2.49. The van der Waals surface area contributed by atoms with E-state index in [0.717, 1.165) is 12.8 Å². The fourth-order valence-corrected chi connectivity index (χ4v) is 5.92. The van der Waals surface area contributed by atoms with Gasteiger partial charge in [-0.25, -0.2) is 4.39 Å². The summed E-state index contributed by atoms with van der Waals surface area (Å²) in [5.41, 5.74) is 0.732. The Hall–Kier alpha value is -2.34. The minimum atomic E-state index is -0.612. The molecule has 1 N–H and O–H groups in total. The minimum absolute atomic E-state index is 0.0145. The Labute approximate surface area is 174 Å². The third-order valence-electron chi connectivity index (χ3n) is 5.78. The first kappa shape index (κ1) is 20.0. The molecule has 2 atom stereocenters. The van der Waals surface area contributed by atoms with Crippen molar-refractivity contribution in [2.24, 2.45) is 5.92 Å². The predicted molar refractivity (Wildman–Crippen MR) is 114 cm³/mol. The van der Waals surface area contributed by atoms with Gasteiger partial charge in [0.15, 0.2) is 0 Å². The lowest BCUT2D eigenvalue weighted by molar-refractivity contribution is -0.120. The monoisotopic (exact) mass is 412 g/mol. The number of hydrogen-bond acceptors (Lipinski definition) is 3. The van der Waals surface area contributed by atoms with Gasteiger partial charge in [0, 0.05) is 11.3 Å². The Morgan fingerprint density at radius 3 is 2.38 bits per heavy atom. The quantitative estimate of drug-likeness (QED) is 0.775. The van der Waals surface area contributed by atoms with Crippen LogP contribution in [0.4, 0.5) is 10.1 Å². The van der Waals surface area contributed by atoms with Crippen LogP contribution >= 0.6 is 11.8 Å². The topological polar surface area (TPSA) is 49.4 Å². The lowest BCUT2D eigenvalue weighted by Gasteiger charge is -2.35. The molecule has 152 valence electrons. The predicted octanol–water partition coefficient (Wildman–Crippen LogP) is 4.93. The van der Waals surface area contributed by atoms with Gasteiger partial charge in [-0.3, -0.25) is 9.59 Å². The summed E-state index contributed by atoms with van der Waals surface area (Å²) in [6.07, 6.45) is 5.73. The Morgan fingerprint density at radius 2 is 1.66 bits per heavy atom. The number of nitrogens with zero attached hydrogens (tertiary/aromatic N) is 1. The molecule has 1 aliphatic heterocycles. The van der Waals surface area contributed by atoms with Crippen molar-refractivity contribution in [2.75, 3.05) is 11.1 Å². The van der Waals surface area contributed by atoms with Gasteiger partial charge in [-0.05, 0) is 43.0 Å². The van der Waals surface area contributed by atoms with Crippen LogP contribution in [0.25, 0.3) is 0 Å². The van der Waals surface area contributed by atoms with Crippen molar-refractivity contribution in [3.05, 3.63) is 66.0 Å². The molecule has 1 aliphatic carbocycles. The summed E-state index contributed by atoms with van der Waals surface area (Å²) < 4.78 is 14.0. The number of hydrogen-bond donors (Lipinski definition) is 1.